The van der Waals surface area contributed by atoms with Gasteiger partial charge in [0.05, 0.1) is 14.2 Å². The Labute approximate surface area is 168 Å². The second-order valence-electron chi connectivity index (χ2n) is 6.90. The van der Waals surface area contributed by atoms with E-state index in [0.29, 0.717) is 18.0 Å². The maximum atomic E-state index is 12.4. The Morgan fingerprint density at radius 3 is 2.37 bits per heavy atom. The van der Waals surface area contributed by atoms with Crippen LogP contribution < -0.4 is 20.1 Å². The summed E-state index contributed by atoms with van der Waals surface area (Å²) >= 11 is 3.48. The van der Waals surface area contributed by atoms with E-state index < -0.39 is 0 Å². The lowest BCUT2D eigenvalue weighted by molar-refractivity contribution is 0.234. The number of hydrogen-bond acceptors (Lipinski definition) is 3. The number of carbonyl (C=O) groups is 1. The number of halogens is 1. The topological polar surface area (TPSA) is 59.6 Å². The predicted octanol–water partition coefficient (Wildman–Crippen LogP) is 4.39. The summed E-state index contributed by atoms with van der Waals surface area (Å²) in [7, 11) is 3.20. The molecule has 0 radical (unpaired) electrons. The first-order chi connectivity index (χ1) is 13.0. The van der Waals surface area contributed by atoms with Gasteiger partial charge < -0.3 is 20.1 Å². The van der Waals surface area contributed by atoms with E-state index in [2.05, 4.69) is 57.8 Å². The molecule has 5 nitrogen and oxygen atoms in total. The number of rotatable bonds is 7. The van der Waals surface area contributed by atoms with Crippen LogP contribution in [-0.2, 0) is 12.0 Å². The van der Waals surface area contributed by atoms with E-state index in [1.165, 1.54) is 5.56 Å². The highest BCUT2D eigenvalue weighted by Gasteiger charge is 2.49. The number of hydrogen-bond donors (Lipinski definition) is 2. The van der Waals surface area contributed by atoms with Crippen molar-refractivity contribution in [2.45, 2.75) is 37.8 Å². The summed E-state index contributed by atoms with van der Waals surface area (Å²) in [4.78, 5) is 12.4. The molecule has 2 amide bonds. The number of methoxy groups -OCH3 is 2. The van der Waals surface area contributed by atoms with Gasteiger partial charge in [-0.2, -0.15) is 0 Å². The monoisotopic (exact) mass is 432 g/mol. The zero-order chi connectivity index (χ0) is 19.4. The summed E-state index contributed by atoms with van der Waals surface area (Å²) in [5.74, 6) is 1.32. The van der Waals surface area contributed by atoms with Crippen molar-refractivity contribution in [3.05, 3.63) is 58.1 Å². The molecule has 1 aliphatic rings. The van der Waals surface area contributed by atoms with Gasteiger partial charge in [-0.05, 0) is 55.2 Å². The Morgan fingerprint density at radius 2 is 1.78 bits per heavy atom. The largest absolute Gasteiger partial charge is 0.493 e. The molecular weight excluding hydrogens is 408 g/mol. The fourth-order valence-electron chi connectivity index (χ4n) is 3.45. The molecule has 2 aromatic rings. The molecule has 0 aromatic heterocycles. The van der Waals surface area contributed by atoms with Crippen molar-refractivity contribution in [1.82, 2.24) is 10.6 Å². The van der Waals surface area contributed by atoms with Gasteiger partial charge in [0.15, 0.2) is 11.5 Å². The summed E-state index contributed by atoms with van der Waals surface area (Å²) < 4.78 is 11.6. The van der Waals surface area contributed by atoms with Crippen LogP contribution in [0.5, 0.6) is 11.5 Å². The van der Waals surface area contributed by atoms with Crippen molar-refractivity contribution in [3.8, 4) is 11.5 Å². The van der Waals surface area contributed by atoms with Crippen LogP contribution in [0, 0.1) is 0 Å². The highest BCUT2D eigenvalue weighted by molar-refractivity contribution is 9.10. The van der Waals surface area contributed by atoms with Crippen LogP contribution in [0.15, 0.2) is 46.9 Å². The number of carbonyl (C=O) groups excluding carboxylic acids is 1. The van der Waals surface area contributed by atoms with Crippen LogP contribution in [-0.4, -0.2) is 26.3 Å². The van der Waals surface area contributed by atoms with Gasteiger partial charge in [0, 0.05) is 22.5 Å². The van der Waals surface area contributed by atoms with Gasteiger partial charge in [0.1, 0.15) is 0 Å². The molecular formula is C21H25BrN2O3. The second kappa shape index (κ2) is 8.21. The van der Waals surface area contributed by atoms with Crippen LogP contribution in [0.4, 0.5) is 4.79 Å². The van der Waals surface area contributed by atoms with Crippen LogP contribution in [0.25, 0.3) is 0 Å². The van der Waals surface area contributed by atoms with E-state index in [1.54, 1.807) is 14.2 Å². The quantitative estimate of drug-likeness (QED) is 0.681. The molecule has 0 heterocycles. The molecule has 0 aliphatic heterocycles. The smallest absolute Gasteiger partial charge is 0.315 e. The molecule has 1 atom stereocenters. The highest BCUT2D eigenvalue weighted by atomic mass is 79.9. The molecule has 0 bridgehead atoms. The first-order valence-electron chi connectivity index (χ1n) is 9.00. The summed E-state index contributed by atoms with van der Waals surface area (Å²) in [6.07, 6.45) is 2.18. The summed E-state index contributed by atoms with van der Waals surface area (Å²) in [6.45, 7) is 2.50. The maximum Gasteiger partial charge on any atom is 0.315 e. The average Bonchev–Trinajstić information content (AvgIpc) is 3.48. The van der Waals surface area contributed by atoms with Crippen molar-refractivity contribution < 1.29 is 14.3 Å². The van der Waals surface area contributed by atoms with Gasteiger partial charge >= 0.3 is 6.03 Å². The first kappa shape index (κ1) is 19.5. The van der Waals surface area contributed by atoms with Gasteiger partial charge in [-0.25, -0.2) is 4.79 Å². The van der Waals surface area contributed by atoms with Gasteiger partial charge in [0.25, 0.3) is 0 Å². The minimum Gasteiger partial charge on any atom is -0.493 e. The molecule has 144 valence electrons. The molecule has 1 aliphatic carbocycles. The number of ether oxygens (including phenoxy) is 2. The van der Waals surface area contributed by atoms with E-state index in [9.17, 15) is 4.79 Å². The molecule has 0 saturated heterocycles. The van der Waals surface area contributed by atoms with E-state index in [1.807, 2.05) is 18.2 Å². The van der Waals surface area contributed by atoms with E-state index in [4.69, 9.17) is 9.47 Å². The van der Waals surface area contributed by atoms with Crippen molar-refractivity contribution in [3.63, 3.8) is 0 Å². The van der Waals surface area contributed by atoms with Crippen LogP contribution in [0.1, 0.15) is 30.9 Å². The summed E-state index contributed by atoms with van der Waals surface area (Å²) in [5, 5.41) is 6.02. The predicted molar refractivity (Wildman–Crippen MR) is 109 cm³/mol. The van der Waals surface area contributed by atoms with Gasteiger partial charge in [-0.3, -0.25) is 0 Å². The van der Waals surface area contributed by atoms with Crippen molar-refractivity contribution >= 4 is 22.0 Å². The van der Waals surface area contributed by atoms with Gasteiger partial charge in [-0.15, -0.1) is 0 Å². The Morgan fingerprint density at radius 1 is 1.11 bits per heavy atom. The van der Waals surface area contributed by atoms with Gasteiger partial charge in [-0.1, -0.05) is 34.1 Å². The van der Waals surface area contributed by atoms with E-state index in [-0.39, 0.29) is 17.5 Å². The third-order valence-electron chi connectivity index (χ3n) is 5.29. The number of urea groups is 1. The standard InChI is InChI=1S/C21H25BrN2O3/c1-14(21(10-11-21)16-5-7-17(22)8-6-16)24-20(25)23-13-15-4-9-18(26-2)19(12-15)27-3/h4-9,12,14H,10-11,13H2,1-3H3,(H2,23,24,25). The Balaban J connectivity index is 1.57. The zero-order valence-corrected chi connectivity index (χ0v) is 17.4. The molecule has 1 unspecified atom stereocenters. The lowest BCUT2D eigenvalue weighted by Gasteiger charge is -2.25. The van der Waals surface area contributed by atoms with Crippen molar-refractivity contribution in [2.24, 2.45) is 0 Å². The van der Waals surface area contributed by atoms with Gasteiger partial charge in [0.2, 0.25) is 0 Å². The molecule has 3 rings (SSSR count). The SMILES string of the molecule is COc1ccc(CNC(=O)NC(C)C2(c3ccc(Br)cc3)CC2)cc1OC. The Bertz CT molecular complexity index is 804. The zero-order valence-electron chi connectivity index (χ0n) is 15.8. The number of benzene rings is 2. The van der Waals surface area contributed by atoms with Crippen molar-refractivity contribution in [2.75, 3.05) is 14.2 Å². The molecule has 1 fully saturated rings. The summed E-state index contributed by atoms with van der Waals surface area (Å²) in [6, 6.07) is 13.9. The fourth-order valence-corrected chi connectivity index (χ4v) is 3.71. The second-order valence-corrected chi connectivity index (χ2v) is 7.82. The van der Waals surface area contributed by atoms with E-state index in [0.717, 1.165) is 22.9 Å². The Hall–Kier alpha value is -2.21. The van der Waals surface area contributed by atoms with Crippen LogP contribution in [0.2, 0.25) is 0 Å². The number of amides is 2. The normalized spacial score (nSPS) is 15.6. The number of nitrogens with one attached hydrogen (secondary N) is 2. The maximum absolute atomic E-state index is 12.4. The molecule has 6 heteroatoms. The molecule has 27 heavy (non-hydrogen) atoms. The Kier molecular flexibility index (Phi) is 5.95. The highest BCUT2D eigenvalue weighted by Crippen LogP contribution is 2.51. The van der Waals surface area contributed by atoms with Crippen LogP contribution in [0.3, 0.4) is 0 Å². The van der Waals surface area contributed by atoms with E-state index >= 15 is 0 Å². The summed E-state index contributed by atoms with van der Waals surface area (Å²) in [5.41, 5.74) is 2.27. The first-order valence-corrected chi connectivity index (χ1v) is 9.79. The third-order valence-corrected chi connectivity index (χ3v) is 5.81. The van der Waals surface area contributed by atoms with Crippen molar-refractivity contribution in [1.29, 1.82) is 0 Å². The lowest BCUT2D eigenvalue weighted by atomic mass is 9.89. The molecule has 1 saturated carbocycles. The fraction of sp³-hybridized carbons (Fsp3) is 0.381. The molecule has 2 N–H and O–H groups in total. The molecule has 2 aromatic carbocycles. The third kappa shape index (κ3) is 4.38. The molecule has 0 spiro atoms. The average molecular weight is 433 g/mol. The minimum atomic E-state index is -0.166. The van der Waals surface area contributed by atoms with Crippen LogP contribution >= 0.6 is 15.9 Å². The lowest BCUT2D eigenvalue weighted by Crippen LogP contribution is -2.46. The minimum absolute atomic E-state index is 0.0430.